The Morgan fingerprint density at radius 2 is 1.96 bits per heavy atom. The molecule has 0 heterocycles. The molecule has 0 bridgehead atoms. The number of hydrogen-bond donors (Lipinski definition) is 1. The first-order valence-electron chi connectivity index (χ1n) is 7.95. The number of carbonyl (C=O) groups excluding carboxylic acids is 1. The average molecular weight is 318 g/mol. The van der Waals surface area contributed by atoms with Crippen molar-refractivity contribution in [1.82, 2.24) is 0 Å². The van der Waals surface area contributed by atoms with E-state index in [1.54, 1.807) is 18.2 Å². The summed E-state index contributed by atoms with van der Waals surface area (Å²) in [6, 6.07) is 15.3. The van der Waals surface area contributed by atoms with Gasteiger partial charge in [0.15, 0.2) is 6.61 Å². The van der Waals surface area contributed by atoms with Crippen LogP contribution in [0.3, 0.4) is 0 Å². The fourth-order valence-electron chi connectivity index (χ4n) is 2.80. The second kappa shape index (κ2) is 7.47. The van der Waals surface area contributed by atoms with Gasteiger partial charge in [-0.3, -0.25) is 4.79 Å². The molecule has 0 aromatic heterocycles. The Hall–Kier alpha value is -3.06. The van der Waals surface area contributed by atoms with E-state index in [1.807, 2.05) is 24.3 Å². The number of nitriles is 1. The third-order valence-electron chi connectivity index (χ3n) is 3.98. The lowest BCUT2D eigenvalue weighted by atomic mass is 10.1. The Morgan fingerprint density at radius 1 is 1.17 bits per heavy atom. The lowest BCUT2D eigenvalue weighted by Crippen LogP contribution is -2.08. The quantitative estimate of drug-likeness (QED) is 0.854. The maximum absolute atomic E-state index is 12.0. The molecule has 1 aliphatic carbocycles. The van der Waals surface area contributed by atoms with Crippen molar-refractivity contribution in [1.29, 1.82) is 5.26 Å². The van der Waals surface area contributed by atoms with Crippen molar-refractivity contribution < 1.29 is 9.53 Å². The predicted octanol–water partition coefficient (Wildman–Crippen LogP) is 3.73. The smallest absolute Gasteiger partial charge is 0.248 e. The van der Waals surface area contributed by atoms with Gasteiger partial charge in [0.1, 0.15) is 11.8 Å². The highest BCUT2D eigenvalue weighted by Crippen LogP contribution is 2.24. The summed E-state index contributed by atoms with van der Waals surface area (Å²) in [5.74, 6) is 0.481. The van der Waals surface area contributed by atoms with E-state index in [-0.39, 0.29) is 12.5 Å². The SMILES string of the molecule is N#CCOc1ccc(/C=C/C(=O)Nc2ccc3c(c2)CCC3)cc1. The highest BCUT2D eigenvalue weighted by molar-refractivity contribution is 6.02. The van der Waals surface area contributed by atoms with Crippen LogP contribution < -0.4 is 10.1 Å². The number of ether oxygens (including phenoxy) is 1. The number of rotatable bonds is 5. The summed E-state index contributed by atoms with van der Waals surface area (Å²) in [7, 11) is 0. The highest BCUT2D eigenvalue weighted by Gasteiger charge is 2.11. The summed E-state index contributed by atoms with van der Waals surface area (Å²) in [5, 5.41) is 11.4. The van der Waals surface area contributed by atoms with E-state index in [4.69, 9.17) is 10.00 Å². The van der Waals surface area contributed by atoms with Gasteiger partial charge in [-0.1, -0.05) is 18.2 Å². The van der Waals surface area contributed by atoms with E-state index in [1.165, 1.54) is 23.6 Å². The lowest BCUT2D eigenvalue weighted by molar-refractivity contribution is -0.111. The first-order chi connectivity index (χ1) is 11.7. The molecule has 0 unspecified atom stereocenters. The summed E-state index contributed by atoms with van der Waals surface area (Å²) in [4.78, 5) is 12.0. The minimum absolute atomic E-state index is 0.0262. The molecule has 0 saturated heterocycles. The molecule has 0 radical (unpaired) electrons. The second-order valence-corrected chi connectivity index (χ2v) is 5.68. The van der Waals surface area contributed by atoms with Crippen LogP contribution in [0.2, 0.25) is 0 Å². The summed E-state index contributed by atoms with van der Waals surface area (Å²) < 4.78 is 5.19. The number of hydrogen-bond acceptors (Lipinski definition) is 3. The molecule has 3 rings (SSSR count). The maximum Gasteiger partial charge on any atom is 0.248 e. The topological polar surface area (TPSA) is 62.1 Å². The minimum atomic E-state index is -0.155. The molecule has 120 valence electrons. The Labute approximate surface area is 141 Å². The molecule has 2 aromatic rings. The predicted molar refractivity (Wildman–Crippen MR) is 93.7 cm³/mol. The summed E-state index contributed by atoms with van der Waals surface area (Å²) in [5.41, 5.74) is 4.46. The van der Waals surface area contributed by atoms with E-state index in [0.29, 0.717) is 5.75 Å². The number of nitrogens with zero attached hydrogens (tertiary/aromatic N) is 1. The maximum atomic E-state index is 12.0. The van der Waals surface area contributed by atoms with Crippen LogP contribution in [0, 0.1) is 11.3 Å². The van der Waals surface area contributed by atoms with Gasteiger partial charge >= 0.3 is 0 Å². The van der Waals surface area contributed by atoms with E-state index < -0.39 is 0 Å². The Balaban J connectivity index is 1.58. The van der Waals surface area contributed by atoms with Crippen LogP contribution in [0.1, 0.15) is 23.1 Å². The van der Waals surface area contributed by atoms with Crippen LogP contribution in [0.15, 0.2) is 48.5 Å². The Kier molecular flexibility index (Phi) is 4.93. The molecule has 1 N–H and O–H groups in total. The Morgan fingerprint density at radius 3 is 2.75 bits per heavy atom. The number of anilines is 1. The second-order valence-electron chi connectivity index (χ2n) is 5.68. The van der Waals surface area contributed by atoms with Crippen molar-refractivity contribution in [2.75, 3.05) is 11.9 Å². The minimum Gasteiger partial charge on any atom is -0.479 e. The molecule has 24 heavy (non-hydrogen) atoms. The van der Waals surface area contributed by atoms with Crippen molar-refractivity contribution in [3.63, 3.8) is 0 Å². The largest absolute Gasteiger partial charge is 0.479 e. The van der Waals surface area contributed by atoms with Crippen molar-refractivity contribution in [3.8, 4) is 11.8 Å². The third kappa shape index (κ3) is 4.02. The first-order valence-corrected chi connectivity index (χ1v) is 7.95. The number of nitrogens with one attached hydrogen (secondary N) is 1. The van der Waals surface area contributed by atoms with E-state index in [0.717, 1.165) is 24.1 Å². The van der Waals surface area contributed by atoms with Gasteiger partial charge in [0.05, 0.1) is 0 Å². The van der Waals surface area contributed by atoms with Crippen LogP contribution in [0.4, 0.5) is 5.69 Å². The summed E-state index contributed by atoms with van der Waals surface area (Å²) >= 11 is 0. The molecular formula is C20H18N2O2. The van der Waals surface area contributed by atoms with Gasteiger partial charge in [-0.15, -0.1) is 0 Å². The van der Waals surface area contributed by atoms with Gasteiger partial charge in [-0.05, 0) is 66.3 Å². The third-order valence-corrected chi connectivity index (χ3v) is 3.98. The van der Waals surface area contributed by atoms with Gasteiger partial charge in [0.25, 0.3) is 0 Å². The monoisotopic (exact) mass is 318 g/mol. The zero-order chi connectivity index (χ0) is 16.8. The summed E-state index contributed by atoms with van der Waals surface area (Å²) in [6.45, 7) is 0.0262. The van der Waals surface area contributed by atoms with Gasteiger partial charge in [0.2, 0.25) is 5.91 Å². The van der Waals surface area contributed by atoms with Gasteiger partial charge < -0.3 is 10.1 Å². The van der Waals surface area contributed by atoms with Gasteiger partial charge in [-0.25, -0.2) is 0 Å². The van der Waals surface area contributed by atoms with E-state index in [2.05, 4.69) is 17.4 Å². The number of amides is 1. The lowest BCUT2D eigenvalue weighted by Gasteiger charge is -2.05. The molecule has 2 aromatic carbocycles. The number of fused-ring (bicyclic) bond motifs is 1. The van der Waals surface area contributed by atoms with E-state index in [9.17, 15) is 4.79 Å². The zero-order valence-corrected chi connectivity index (χ0v) is 13.3. The Bertz CT molecular complexity index is 801. The standard InChI is InChI=1S/C20H18N2O2/c21-12-13-24-19-9-4-15(5-10-19)6-11-20(23)22-18-8-7-16-2-1-3-17(16)14-18/h4-11,14H,1-3,13H2,(H,22,23)/b11-6+. The van der Waals surface area contributed by atoms with Crippen molar-refractivity contribution in [3.05, 3.63) is 65.2 Å². The van der Waals surface area contributed by atoms with Crippen molar-refractivity contribution in [2.24, 2.45) is 0 Å². The molecule has 4 nitrogen and oxygen atoms in total. The molecule has 0 atom stereocenters. The van der Waals surface area contributed by atoms with Crippen LogP contribution in [-0.4, -0.2) is 12.5 Å². The van der Waals surface area contributed by atoms with Crippen LogP contribution in [-0.2, 0) is 17.6 Å². The molecule has 0 aliphatic heterocycles. The fourth-order valence-corrected chi connectivity index (χ4v) is 2.80. The van der Waals surface area contributed by atoms with Crippen molar-refractivity contribution >= 4 is 17.7 Å². The van der Waals surface area contributed by atoms with Gasteiger partial charge in [0, 0.05) is 11.8 Å². The normalized spacial score (nSPS) is 12.6. The van der Waals surface area contributed by atoms with E-state index >= 15 is 0 Å². The molecule has 1 aliphatic rings. The molecule has 0 saturated carbocycles. The number of carbonyl (C=O) groups is 1. The zero-order valence-electron chi connectivity index (χ0n) is 13.3. The average Bonchev–Trinajstić information content (AvgIpc) is 3.07. The molecular weight excluding hydrogens is 300 g/mol. The van der Waals surface area contributed by atoms with Gasteiger partial charge in [-0.2, -0.15) is 5.26 Å². The number of benzene rings is 2. The molecule has 0 fully saturated rings. The molecule has 1 amide bonds. The first kappa shape index (κ1) is 15.8. The molecule has 0 spiro atoms. The van der Waals surface area contributed by atoms with Crippen LogP contribution in [0.5, 0.6) is 5.75 Å². The highest BCUT2D eigenvalue weighted by atomic mass is 16.5. The summed E-state index contributed by atoms with van der Waals surface area (Å²) in [6.07, 6.45) is 6.68. The molecule has 4 heteroatoms. The van der Waals surface area contributed by atoms with Crippen molar-refractivity contribution in [2.45, 2.75) is 19.3 Å². The fraction of sp³-hybridized carbons (Fsp3) is 0.200. The van der Waals surface area contributed by atoms with Crippen LogP contribution in [0.25, 0.3) is 6.08 Å². The number of aryl methyl sites for hydroxylation is 2. The van der Waals surface area contributed by atoms with Crippen LogP contribution >= 0.6 is 0 Å².